The molecule has 2 bridgehead atoms. The maximum atomic E-state index is 14.4. The van der Waals surface area contributed by atoms with Gasteiger partial charge in [0.05, 0.1) is 34.9 Å². The topological polar surface area (TPSA) is 87.5 Å². The summed E-state index contributed by atoms with van der Waals surface area (Å²) in [5.41, 5.74) is 1.90. The Balaban J connectivity index is 1.28. The number of hydrogen-bond acceptors (Lipinski definition) is 5. The van der Waals surface area contributed by atoms with E-state index in [1.165, 1.54) is 12.1 Å². The molecule has 1 N–H and O–H groups in total. The van der Waals surface area contributed by atoms with Gasteiger partial charge in [-0.1, -0.05) is 0 Å². The van der Waals surface area contributed by atoms with Crippen LogP contribution in [0.15, 0.2) is 42.9 Å². The molecule has 1 atom stereocenters. The van der Waals surface area contributed by atoms with Gasteiger partial charge in [-0.2, -0.15) is 0 Å². The number of fused-ring (bicyclic) bond motifs is 4. The average molecular weight is 546 g/mol. The molecule has 3 aliphatic heterocycles. The Labute approximate surface area is 233 Å². The van der Waals surface area contributed by atoms with Crippen molar-refractivity contribution >= 4 is 28.5 Å². The van der Waals surface area contributed by atoms with Crippen LogP contribution in [0.25, 0.3) is 16.6 Å². The largest absolute Gasteiger partial charge is 0.340 e. The summed E-state index contributed by atoms with van der Waals surface area (Å²) >= 11 is 0. The summed E-state index contributed by atoms with van der Waals surface area (Å²) in [6.07, 6.45) is 9.50. The summed E-state index contributed by atoms with van der Waals surface area (Å²) in [4.78, 5) is 48.2. The molecule has 4 aliphatic rings. The molecule has 2 amide bonds. The lowest BCUT2D eigenvalue weighted by Gasteiger charge is -2.47. The summed E-state index contributed by atoms with van der Waals surface area (Å²) in [5.74, 6) is -0.594. The molecular weight excluding hydrogens is 509 g/mol. The number of Topliss-reactive ketones (excluding diaryl/α,β-unsaturated/α-hetero) is 1. The number of hydrogen-bond donors (Lipinski definition) is 1. The fourth-order valence-electron chi connectivity index (χ4n) is 6.78. The van der Waals surface area contributed by atoms with Gasteiger partial charge in [0.25, 0.3) is 5.91 Å². The van der Waals surface area contributed by atoms with E-state index in [4.69, 9.17) is 0 Å². The summed E-state index contributed by atoms with van der Waals surface area (Å²) < 4.78 is 16.2. The molecule has 5 heterocycles. The van der Waals surface area contributed by atoms with E-state index >= 15 is 0 Å². The fourth-order valence-corrected chi connectivity index (χ4v) is 6.78. The lowest BCUT2D eigenvalue weighted by Crippen LogP contribution is -2.63. The minimum Gasteiger partial charge on any atom is -0.340 e. The van der Waals surface area contributed by atoms with Crippen molar-refractivity contribution in [3.8, 4) is 5.69 Å². The van der Waals surface area contributed by atoms with Gasteiger partial charge in [0.15, 0.2) is 5.78 Å². The monoisotopic (exact) mass is 545 g/mol. The Bertz CT molecular complexity index is 1470. The number of carbonyl (C=O) groups excluding carboxylic acids is 3. The first-order valence-corrected chi connectivity index (χ1v) is 14.4. The predicted molar refractivity (Wildman–Crippen MR) is 150 cm³/mol. The average Bonchev–Trinajstić information content (AvgIpc) is 3.32. The number of rotatable bonds is 7. The summed E-state index contributed by atoms with van der Waals surface area (Å²) in [6.45, 7) is 7.04. The SMILES string of the molecule is CCN(C(=O)c1cc(F)ccc1-n1cc(C(=O)C2CN(C(=O)[C@H]3NC4CCC3CC4)C2)c2ccncc21)C(C)C. The first kappa shape index (κ1) is 26.6. The Morgan fingerprint density at radius 1 is 1.10 bits per heavy atom. The zero-order valence-corrected chi connectivity index (χ0v) is 23.3. The normalized spacial score (nSPS) is 22.5. The number of nitrogens with one attached hydrogen (secondary N) is 1. The minimum absolute atomic E-state index is 0.0375. The number of halogens is 1. The maximum absolute atomic E-state index is 14.4. The van der Waals surface area contributed by atoms with Gasteiger partial charge < -0.3 is 19.7 Å². The van der Waals surface area contributed by atoms with Gasteiger partial charge in [-0.05, 0) is 76.6 Å². The molecular formula is C31H36FN5O3. The minimum atomic E-state index is -0.502. The number of piperidine rings is 2. The van der Waals surface area contributed by atoms with E-state index in [0.29, 0.717) is 48.4 Å². The molecule has 1 aliphatic carbocycles. The smallest absolute Gasteiger partial charge is 0.256 e. The van der Waals surface area contributed by atoms with Crippen molar-refractivity contribution in [1.82, 2.24) is 24.7 Å². The molecule has 0 radical (unpaired) electrons. The van der Waals surface area contributed by atoms with Crippen molar-refractivity contribution in [3.05, 3.63) is 59.8 Å². The van der Waals surface area contributed by atoms with Crippen LogP contribution < -0.4 is 5.32 Å². The quantitative estimate of drug-likeness (QED) is 0.450. The highest BCUT2D eigenvalue weighted by atomic mass is 19.1. The van der Waals surface area contributed by atoms with E-state index in [1.54, 1.807) is 40.2 Å². The van der Waals surface area contributed by atoms with Crippen LogP contribution in [-0.4, -0.2) is 74.7 Å². The van der Waals surface area contributed by atoms with E-state index in [2.05, 4.69) is 10.3 Å². The van der Waals surface area contributed by atoms with Crippen molar-refractivity contribution in [2.75, 3.05) is 19.6 Å². The van der Waals surface area contributed by atoms with E-state index in [0.717, 1.165) is 31.1 Å². The lowest BCUT2D eigenvalue weighted by molar-refractivity contribution is -0.142. The highest BCUT2D eigenvalue weighted by Gasteiger charge is 2.45. The molecule has 8 nitrogen and oxygen atoms in total. The van der Waals surface area contributed by atoms with E-state index in [-0.39, 0.29) is 41.2 Å². The third-order valence-corrected chi connectivity index (χ3v) is 9.04. The molecule has 0 unspecified atom stereocenters. The molecule has 1 saturated carbocycles. The standard InChI is InChI=1S/C31H36FN5O3/c1-4-36(18(2)3)30(39)24-13-21(32)7-10-26(24)37-17-25(23-11-12-33-14-27(23)37)29(38)20-15-35(16-20)31(40)28-19-5-8-22(34-28)9-6-19/h7,10-14,17-20,22,28,34H,4-6,8-9,15-16H2,1-3H3/t19?,22?,28-/m0/s1. The maximum Gasteiger partial charge on any atom is 0.256 e. The number of carbonyl (C=O) groups is 3. The van der Waals surface area contributed by atoms with Crippen LogP contribution in [0.2, 0.25) is 0 Å². The lowest BCUT2D eigenvalue weighted by atomic mass is 9.75. The van der Waals surface area contributed by atoms with Gasteiger partial charge in [-0.3, -0.25) is 19.4 Å². The third-order valence-electron chi connectivity index (χ3n) is 9.04. The highest BCUT2D eigenvalue weighted by Crippen LogP contribution is 2.36. The van der Waals surface area contributed by atoms with E-state index in [9.17, 15) is 18.8 Å². The molecule has 7 rings (SSSR count). The van der Waals surface area contributed by atoms with Crippen molar-refractivity contribution in [1.29, 1.82) is 0 Å². The zero-order valence-electron chi connectivity index (χ0n) is 23.3. The second-order valence-corrected chi connectivity index (χ2v) is 11.7. The second kappa shape index (κ2) is 10.4. The number of nitrogens with zero attached hydrogens (tertiary/aromatic N) is 4. The third kappa shape index (κ3) is 4.50. The van der Waals surface area contributed by atoms with Crippen LogP contribution in [0.4, 0.5) is 4.39 Å². The Kier molecular flexibility index (Phi) is 6.94. The highest BCUT2D eigenvalue weighted by molar-refractivity contribution is 6.10. The number of aromatic nitrogens is 2. The Morgan fingerprint density at radius 3 is 2.50 bits per heavy atom. The molecule has 9 heteroatoms. The molecule has 0 spiro atoms. The number of pyridine rings is 1. The molecule has 4 fully saturated rings. The molecule has 3 saturated heterocycles. The van der Waals surface area contributed by atoms with Gasteiger partial charge in [0.1, 0.15) is 5.82 Å². The molecule has 40 heavy (non-hydrogen) atoms. The summed E-state index contributed by atoms with van der Waals surface area (Å²) in [5, 5.41) is 4.23. The fraction of sp³-hybridized carbons (Fsp3) is 0.484. The van der Waals surface area contributed by atoms with Crippen molar-refractivity contribution in [3.63, 3.8) is 0 Å². The van der Waals surface area contributed by atoms with Crippen LogP contribution in [0.5, 0.6) is 0 Å². The number of amides is 2. The zero-order chi connectivity index (χ0) is 28.1. The van der Waals surface area contributed by atoms with E-state index in [1.807, 2.05) is 25.7 Å². The Hall–Kier alpha value is -3.59. The van der Waals surface area contributed by atoms with Crippen LogP contribution in [-0.2, 0) is 4.79 Å². The Morgan fingerprint density at radius 2 is 1.85 bits per heavy atom. The van der Waals surface area contributed by atoms with Crippen LogP contribution >= 0.6 is 0 Å². The first-order chi connectivity index (χ1) is 19.3. The summed E-state index contributed by atoms with van der Waals surface area (Å²) in [6, 6.07) is 6.20. The molecule has 3 aromatic rings. The van der Waals surface area contributed by atoms with Gasteiger partial charge in [-0.25, -0.2) is 4.39 Å². The number of ketones is 1. The van der Waals surface area contributed by atoms with Gasteiger partial charge >= 0.3 is 0 Å². The second-order valence-electron chi connectivity index (χ2n) is 11.7. The van der Waals surface area contributed by atoms with Crippen LogP contribution in [0, 0.1) is 17.7 Å². The number of likely N-dealkylation sites (tertiary alicyclic amines) is 1. The van der Waals surface area contributed by atoms with Crippen molar-refractivity contribution < 1.29 is 18.8 Å². The van der Waals surface area contributed by atoms with Crippen molar-refractivity contribution in [2.24, 2.45) is 11.8 Å². The van der Waals surface area contributed by atoms with Crippen LogP contribution in [0.3, 0.4) is 0 Å². The van der Waals surface area contributed by atoms with Gasteiger partial charge in [-0.15, -0.1) is 0 Å². The van der Waals surface area contributed by atoms with Crippen molar-refractivity contribution in [2.45, 2.75) is 64.6 Å². The first-order valence-electron chi connectivity index (χ1n) is 14.4. The van der Waals surface area contributed by atoms with Gasteiger partial charge in [0, 0.05) is 55.1 Å². The van der Waals surface area contributed by atoms with E-state index < -0.39 is 5.82 Å². The molecule has 1 aromatic carbocycles. The number of benzene rings is 1. The molecule has 2 aromatic heterocycles. The van der Waals surface area contributed by atoms with Crippen LogP contribution in [0.1, 0.15) is 67.2 Å². The molecule has 210 valence electrons. The predicted octanol–water partition coefficient (Wildman–Crippen LogP) is 4.21. The van der Waals surface area contributed by atoms with Gasteiger partial charge in [0.2, 0.25) is 5.91 Å². The summed E-state index contributed by atoms with van der Waals surface area (Å²) in [7, 11) is 0.